The highest BCUT2D eigenvalue weighted by molar-refractivity contribution is 5.94. The number of aryl methyl sites for hydroxylation is 2. The molecule has 0 radical (unpaired) electrons. The van der Waals surface area contributed by atoms with Crippen LogP contribution in [0.15, 0.2) is 30.5 Å². The van der Waals surface area contributed by atoms with Gasteiger partial charge in [0, 0.05) is 36.6 Å². The Morgan fingerprint density at radius 3 is 2.61 bits per heavy atom. The molecule has 0 saturated heterocycles. The fourth-order valence-corrected chi connectivity index (χ4v) is 1.73. The van der Waals surface area contributed by atoms with Crippen LogP contribution in [0.3, 0.4) is 0 Å². The Morgan fingerprint density at radius 1 is 1.39 bits per heavy atom. The van der Waals surface area contributed by atoms with E-state index in [0.29, 0.717) is 17.8 Å². The number of carbonyl (C=O) groups is 1. The molecular weight excluding hydrogens is 228 g/mol. The summed E-state index contributed by atoms with van der Waals surface area (Å²) in [6.45, 7) is 2.40. The van der Waals surface area contributed by atoms with Crippen molar-refractivity contribution in [2.75, 3.05) is 5.73 Å². The zero-order valence-corrected chi connectivity index (χ0v) is 10.5. The number of hydrogen-bond donors (Lipinski definition) is 2. The summed E-state index contributed by atoms with van der Waals surface area (Å²) in [5.74, 6) is -0.113. The number of amides is 1. The van der Waals surface area contributed by atoms with Crippen LogP contribution in [0.25, 0.3) is 0 Å². The van der Waals surface area contributed by atoms with Crippen LogP contribution in [0.5, 0.6) is 0 Å². The fourth-order valence-electron chi connectivity index (χ4n) is 1.73. The van der Waals surface area contributed by atoms with Gasteiger partial charge in [0.25, 0.3) is 5.91 Å². The second-order valence-electron chi connectivity index (χ2n) is 4.22. The van der Waals surface area contributed by atoms with E-state index in [2.05, 4.69) is 10.4 Å². The SMILES string of the molecule is Cc1nn(C)cc1CNC(=O)c1ccc(N)cc1. The third kappa shape index (κ3) is 2.68. The van der Waals surface area contributed by atoms with Crippen molar-refractivity contribution in [1.29, 1.82) is 0 Å². The van der Waals surface area contributed by atoms with E-state index in [1.807, 2.05) is 20.2 Å². The molecule has 0 aliphatic heterocycles. The summed E-state index contributed by atoms with van der Waals surface area (Å²) in [4.78, 5) is 11.9. The normalized spacial score (nSPS) is 10.3. The highest BCUT2D eigenvalue weighted by Crippen LogP contribution is 2.07. The lowest BCUT2D eigenvalue weighted by Crippen LogP contribution is -2.22. The minimum atomic E-state index is -0.113. The molecular formula is C13H16N4O. The molecule has 1 heterocycles. The quantitative estimate of drug-likeness (QED) is 0.798. The molecule has 1 aromatic heterocycles. The van der Waals surface area contributed by atoms with Crippen molar-refractivity contribution < 1.29 is 4.79 Å². The van der Waals surface area contributed by atoms with E-state index in [4.69, 9.17) is 5.73 Å². The predicted molar refractivity (Wildman–Crippen MR) is 70.0 cm³/mol. The number of nitrogens with one attached hydrogen (secondary N) is 1. The Morgan fingerprint density at radius 2 is 2.06 bits per heavy atom. The molecule has 0 aliphatic rings. The van der Waals surface area contributed by atoms with Gasteiger partial charge in [0.15, 0.2) is 0 Å². The number of benzene rings is 1. The van der Waals surface area contributed by atoms with Crippen LogP contribution in [0, 0.1) is 6.92 Å². The average molecular weight is 244 g/mol. The van der Waals surface area contributed by atoms with Crippen molar-refractivity contribution in [3.05, 3.63) is 47.3 Å². The van der Waals surface area contributed by atoms with Gasteiger partial charge in [-0.05, 0) is 31.2 Å². The largest absolute Gasteiger partial charge is 0.399 e. The summed E-state index contributed by atoms with van der Waals surface area (Å²) in [6, 6.07) is 6.84. The molecule has 2 rings (SSSR count). The maximum Gasteiger partial charge on any atom is 0.251 e. The molecule has 3 N–H and O–H groups in total. The van der Waals surface area contributed by atoms with Crippen molar-refractivity contribution in [2.24, 2.45) is 7.05 Å². The van der Waals surface area contributed by atoms with E-state index in [9.17, 15) is 4.79 Å². The molecule has 0 saturated carbocycles. The van der Waals surface area contributed by atoms with Gasteiger partial charge in [0.1, 0.15) is 0 Å². The second kappa shape index (κ2) is 4.91. The fraction of sp³-hybridized carbons (Fsp3) is 0.231. The Hall–Kier alpha value is -2.30. The summed E-state index contributed by atoms with van der Waals surface area (Å²) < 4.78 is 1.74. The lowest BCUT2D eigenvalue weighted by molar-refractivity contribution is 0.0951. The first-order valence-electron chi connectivity index (χ1n) is 5.69. The number of carbonyl (C=O) groups excluding carboxylic acids is 1. The van der Waals surface area contributed by atoms with Gasteiger partial charge >= 0.3 is 0 Å². The maximum atomic E-state index is 11.9. The number of aromatic nitrogens is 2. The number of hydrogen-bond acceptors (Lipinski definition) is 3. The Kier molecular flexibility index (Phi) is 3.32. The minimum Gasteiger partial charge on any atom is -0.399 e. The third-order valence-electron chi connectivity index (χ3n) is 2.73. The molecule has 0 fully saturated rings. The standard InChI is InChI=1S/C13H16N4O/c1-9-11(8-17(2)16-9)7-15-13(18)10-3-5-12(14)6-4-10/h3-6,8H,7,14H2,1-2H3,(H,15,18). The number of nitrogens with two attached hydrogens (primary N) is 1. The molecule has 5 nitrogen and oxygen atoms in total. The lowest BCUT2D eigenvalue weighted by Gasteiger charge is -2.04. The minimum absolute atomic E-state index is 0.113. The summed E-state index contributed by atoms with van der Waals surface area (Å²) >= 11 is 0. The van der Waals surface area contributed by atoms with Crippen LogP contribution in [-0.4, -0.2) is 15.7 Å². The Balaban J connectivity index is 2.00. The van der Waals surface area contributed by atoms with Crippen molar-refractivity contribution >= 4 is 11.6 Å². The molecule has 0 spiro atoms. The van der Waals surface area contributed by atoms with Crippen molar-refractivity contribution in [2.45, 2.75) is 13.5 Å². The molecule has 2 aromatic rings. The summed E-state index contributed by atoms with van der Waals surface area (Å²) in [6.07, 6.45) is 1.90. The smallest absolute Gasteiger partial charge is 0.251 e. The van der Waals surface area contributed by atoms with Crippen LogP contribution in [0.1, 0.15) is 21.6 Å². The topological polar surface area (TPSA) is 72.9 Å². The zero-order chi connectivity index (χ0) is 13.1. The van der Waals surface area contributed by atoms with E-state index < -0.39 is 0 Å². The van der Waals surface area contributed by atoms with Crippen molar-refractivity contribution in [3.8, 4) is 0 Å². The highest BCUT2D eigenvalue weighted by Gasteiger charge is 2.07. The molecule has 94 valence electrons. The van der Waals surface area contributed by atoms with Crippen LogP contribution < -0.4 is 11.1 Å². The third-order valence-corrected chi connectivity index (χ3v) is 2.73. The number of anilines is 1. The van der Waals surface area contributed by atoms with E-state index in [0.717, 1.165) is 11.3 Å². The van der Waals surface area contributed by atoms with E-state index >= 15 is 0 Å². The zero-order valence-electron chi connectivity index (χ0n) is 10.5. The van der Waals surface area contributed by atoms with Crippen LogP contribution in [-0.2, 0) is 13.6 Å². The first kappa shape index (κ1) is 12.2. The van der Waals surface area contributed by atoms with Gasteiger partial charge < -0.3 is 11.1 Å². The second-order valence-corrected chi connectivity index (χ2v) is 4.22. The van der Waals surface area contributed by atoms with Gasteiger partial charge in [-0.15, -0.1) is 0 Å². The molecule has 0 aliphatic carbocycles. The van der Waals surface area contributed by atoms with Gasteiger partial charge in [0.2, 0.25) is 0 Å². The predicted octanol–water partition coefficient (Wildman–Crippen LogP) is 1.24. The molecule has 0 atom stereocenters. The first-order chi connectivity index (χ1) is 8.56. The molecule has 1 amide bonds. The molecule has 0 bridgehead atoms. The molecule has 18 heavy (non-hydrogen) atoms. The van der Waals surface area contributed by atoms with Crippen LogP contribution >= 0.6 is 0 Å². The summed E-state index contributed by atoms with van der Waals surface area (Å²) in [5.41, 5.74) is 8.76. The van der Waals surface area contributed by atoms with Crippen molar-refractivity contribution in [1.82, 2.24) is 15.1 Å². The van der Waals surface area contributed by atoms with Gasteiger partial charge in [-0.2, -0.15) is 5.10 Å². The lowest BCUT2D eigenvalue weighted by atomic mass is 10.2. The van der Waals surface area contributed by atoms with E-state index in [1.165, 1.54) is 0 Å². The summed E-state index contributed by atoms with van der Waals surface area (Å²) in [7, 11) is 1.86. The van der Waals surface area contributed by atoms with E-state index in [-0.39, 0.29) is 5.91 Å². The number of nitrogen functional groups attached to an aromatic ring is 1. The number of rotatable bonds is 3. The van der Waals surface area contributed by atoms with Crippen LogP contribution in [0.2, 0.25) is 0 Å². The van der Waals surface area contributed by atoms with Crippen molar-refractivity contribution in [3.63, 3.8) is 0 Å². The summed E-state index contributed by atoms with van der Waals surface area (Å²) in [5, 5.41) is 7.08. The first-order valence-corrected chi connectivity index (χ1v) is 5.69. The van der Waals surface area contributed by atoms with Crippen LogP contribution in [0.4, 0.5) is 5.69 Å². The average Bonchev–Trinajstić information content (AvgIpc) is 2.66. The molecule has 1 aromatic carbocycles. The maximum absolute atomic E-state index is 11.9. The highest BCUT2D eigenvalue weighted by atomic mass is 16.1. The van der Waals surface area contributed by atoms with Gasteiger partial charge in [-0.3, -0.25) is 9.48 Å². The number of nitrogens with zero attached hydrogens (tertiary/aromatic N) is 2. The van der Waals surface area contributed by atoms with Gasteiger partial charge in [-0.1, -0.05) is 0 Å². The molecule has 5 heteroatoms. The molecule has 0 unspecified atom stereocenters. The Bertz CT molecular complexity index is 557. The van der Waals surface area contributed by atoms with E-state index in [1.54, 1.807) is 28.9 Å². The monoisotopic (exact) mass is 244 g/mol. The van der Waals surface area contributed by atoms with Gasteiger partial charge in [0.05, 0.1) is 5.69 Å². The Labute approximate surface area is 106 Å². The van der Waals surface area contributed by atoms with Gasteiger partial charge in [-0.25, -0.2) is 0 Å².